The molecule has 0 atom stereocenters. The maximum atomic E-state index is 11.2. The van der Waals surface area contributed by atoms with E-state index in [1.807, 2.05) is 6.92 Å². The van der Waals surface area contributed by atoms with E-state index in [4.69, 9.17) is 9.47 Å². The molecule has 0 aliphatic heterocycles. The van der Waals surface area contributed by atoms with E-state index in [1.54, 1.807) is 32.9 Å². The highest BCUT2D eigenvalue weighted by Gasteiger charge is 2.19. The fourth-order valence-electron chi connectivity index (χ4n) is 0.784. The van der Waals surface area contributed by atoms with Gasteiger partial charge >= 0.3 is 11.9 Å². The monoisotopic (exact) mass is 214 g/mol. The molecule has 0 radical (unpaired) electrons. The van der Waals surface area contributed by atoms with E-state index in [-0.39, 0.29) is 13.0 Å². The quantitative estimate of drug-likeness (QED) is 0.407. The Balaban J connectivity index is 3.82. The fraction of sp³-hybridized carbons (Fsp3) is 0.636. The fourth-order valence-corrected chi connectivity index (χ4v) is 0.784. The number of carbonyl (C=O) groups is 2. The minimum absolute atomic E-state index is 0.193. The molecule has 0 rings (SSSR count). The topological polar surface area (TPSA) is 52.6 Å². The van der Waals surface area contributed by atoms with Crippen LogP contribution >= 0.6 is 0 Å². The molecule has 0 amide bonds. The first-order valence-electron chi connectivity index (χ1n) is 4.84. The Labute approximate surface area is 90.2 Å². The SMILES string of the molecule is C/C=C/COC(=O)CC(=O)OC(C)(C)C. The lowest BCUT2D eigenvalue weighted by atomic mass is 10.2. The summed E-state index contributed by atoms with van der Waals surface area (Å²) in [4.78, 5) is 22.2. The molecule has 0 aliphatic carbocycles. The third-order valence-electron chi connectivity index (χ3n) is 1.28. The van der Waals surface area contributed by atoms with E-state index < -0.39 is 17.5 Å². The summed E-state index contributed by atoms with van der Waals surface area (Å²) in [6.07, 6.45) is 3.11. The van der Waals surface area contributed by atoms with Crippen molar-refractivity contribution in [3.63, 3.8) is 0 Å². The van der Waals surface area contributed by atoms with Gasteiger partial charge in [0.2, 0.25) is 0 Å². The van der Waals surface area contributed by atoms with Gasteiger partial charge in [0.25, 0.3) is 0 Å². The molecule has 4 nitrogen and oxygen atoms in total. The standard InChI is InChI=1S/C11H18O4/c1-5-6-7-14-9(12)8-10(13)15-11(2,3)4/h5-6H,7-8H2,1-4H3/b6-5+. The van der Waals surface area contributed by atoms with Crippen molar-refractivity contribution in [3.05, 3.63) is 12.2 Å². The van der Waals surface area contributed by atoms with Crippen LogP contribution in [0.2, 0.25) is 0 Å². The Bertz CT molecular complexity index is 248. The molecule has 0 bridgehead atoms. The van der Waals surface area contributed by atoms with Gasteiger partial charge in [-0.15, -0.1) is 0 Å². The molecule has 0 N–H and O–H groups in total. The van der Waals surface area contributed by atoms with Crippen molar-refractivity contribution in [1.29, 1.82) is 0 Å². The van der Waals surface area contributed by atoms with Gasteiger partial charge in [-0.3, -0.25) is 9.59 Å². The average molecular weight is 214 g/mol. The van der Waals surface area contributed by atoms with Crippen LogP contribution in [0, 0.1) is 0 Å². The highest BCUT2D eigenvalue weighted by atomic mass is 16.6. The van der Waals surface area contributed by atoms with E-state index in [0.29, 0.717) is 0 Å². The summed E-state index contributed by atoms with van der Waals surface area (Å²) in [6, 6.07) is 0. The Kier molecular flexibility index (Phi) is 5.67. The van der Waals surface area contributed by atoms with Gasteiger partial charge < -0.3 is 9.47 Å². The molecule has 0 aliphatic rings. The van der Waals surface area contributed by atoms with Gasteiger partial charge in [-0.25, -0.2) is 0 Å². The van der Waals surface area contributed by atoms with Crippen LogP contribution in [0.25, 0.3) is 0 Å². The molecule has 0 spiro atoms. The largest absolute Gasteiger partial charge is 0.461 e. The second-order valence-corrected chi connectivity index (χ2v) is 4.02. The first-order valence-corrected chi connectivity index (χ1v) is 4.84. The molecule has 0 aromatic carbocycles. The minimum Gasteiger partial charge on any atom is -0.461 e. The Hall–Kier alpha value is -1.32. The van der Waals surface area contributed by atoms with Crippen molar-refractivity contribution in [1.82, 2.24) is 0 Å². The summed E-state index contributed by atoms with van der Waals surface area (Å²) in [5.41, 5.74) is -0.569. The molecule has 0 saturated carbocycles. The average Bonchev–Trinajstić information content (AvgIpc) is 2.00. The van der Waals surface area contributed by atoms with Gasteiger partial charge in [-0.05, 0) is 27.7 Å². The van der Waals surface area contributed by atoms with Crippen molar-refractivity contribution in [3.8, 4) is 0 Å². The number of carbonyl (C=O) groups excluding carboxylic acids is 2. The van der Waals surface area contributed by atoms with Crippen molar-refractivity contribution in [2.75, 3.05) is 6.61 Å². The minimum atomic E-state index is -0.569. The van der Waals surface area contributed by atoms with Crippen LogP contribution in [0.1, 0.15) is 34.1 Å². The Morgan fingerprint density at radius 2 is 1.80 bits per heavy atom. The lowest BCUT2D eigenvalue weighted by Crippen LogP contribution is -2.25. The number of allylic oxidation sites excluding steroid dienone is 1. The molecular formula is C11H18O4. The van der Waals surface area contributed by atoms with Gasteiger partial charge in [-0.2, -0.15) is 0 Å². The van der Waals surface area contributed by atoms with Gasteiger partial charge in [0.15, 0.2) is 0 Å². The van der Waals surface area contributed by atoms with Gasteiger partial charge in [-0.1, -0.05) is 12.2 Å². The zero-order chi connectivity index (χ0) is 11.9. The summed E-state index contributed by atoms with van der Waals surface area (Å²) in [5.74, 6) is -1.13. The van der Waals surface area contributed by atoms with Crippen molar-refractivity contribution in [2.45, 2.75) is 39.7 Å². The number of ether oxygens (including phenoxy) is 2. The third-order valence-corrected chi connectivity index (χ3v) is 1.28. The predicted molar refractivity (Wildman–Crippen MR) is 56.2 cm³/mol. The second-order valence-electron chi connectivity index (χ2n) is 4.02. The summed E-state index contributed by atoms with van der Waals surface area (Å²) in [7, 11) is 0. The molecule has 0 unspecified atom stereocenters. The highest BCUT2D eigenvalue weighted by molar-refractivity contribution is 5.91. The molecule has 0 aromatic rings. The number of rotatable bonds is 4. The smallest absolute Gasteiger partial charge is 0.317 e. The Morgan fingerprint density at radius 1 is 1.20 bits per heavy atom. The van der Waals surface area contributed by atoms with Crippen LogP contribution in [-0.4, -0.2) is 24.1 Å². The Morgan fingerprint density at radius 3 is 2.27 bits per heavy atom. The lowest BCUT2D eigenvalue weighted by Gasteiger charge is -2.18. The molecule has 0 heterocycles. The van der Waals surface area contributed by atoms with Crippen LogP contribution in [0.4, 0.5) is 0 Å². The first kappa shape index (κ1) is 13.7. The van der Waals surface area contributed by atoms with Crippen molar-refractivity contribution >= 4 is 11.9 Å². The summed E-state index contributed by atoms with van der Waals surface area (Å²) >= 11 is 0. The van der Waals surface area contributed by atoms with Gasteiger partial charge in [0.1, 0.15) is 18.6 Å². The second kappa shape index (κ2) is 6.22. The molecule has 0 saturated heterocycles. The van der Waals surface area contributed by atoms with Crippen molar-refractivity contribution < 1.29 is 19.1 Å². The number of hydrogen-bond donors (Lipinski definition) is 0. The van der Waals surface area contributed by atoms with E-state index in [0.717, 1.165) is 0 Å². The molecule has 0 fully saturated rings. The van der Waals surface area contributed by atoms with Crippen LogP contribution in [0.3, 0.4) is 0 Å². The summed E-state index contributed by atoms with van der Waals surface area (Å²) < 4.78 is 9.70. The molecule has 0 aromatic heterocycles. The van der Waals surface area contributed by atoms with E-state index in [9.17, 15) is 9.59 Å². The van der Waals surface area contributed by atoms with Crippen LogP contribution in [0.5, 0.6) is 0 Å². The molecule has 86 valence electrons. The maximum Gasteiger partial charge on any atom is 0.317 e. The number of esters is 2. The van der Waals surface area contributed by atoms with Crippen LogP contribution in [-0.2, 0) is 19.1 Å². The van der Waals surface area contributed by atoms with E-state index in [1.165, 1.54) is 0 Å². The summed E-state index contributed by atoms with van der Waals surface area (Å²) in [5, 5.41) is 0. The molecular weight excluding hydrogens is 196 g/mol. The van der Waals surface area contributed by atoms with Crippen LogP contribution < -0.4 is 0 Å². The van der Waals surface area contributed by atoms with E-state index in [2.05, 4.69) is 0 Å². The zero-order valence-corrected chi connectivity index (χ0v) is 9.70. The molecule has 15 heavy (non-hydrogen) atoms. The zero-order valence-electron chi connectivity index (χ0n) is 9.70. The normalized spacial score (nSPS) is 11.5. The van der Waals surface area contributed by atoms with E-state index >= 15 is 0 Å². The van der Waals surface area contributed by atoms with Gasteiger partial charge in [0.05, 0.1) is 0 Å². The highest BCUT2D eigenvalue weighted by Crippen LogP contribution is 2.08. The maximum absolute atomic E-state index is 11.2. The lowest BCUT2D eigenvalue weighted by molar-refractivity contribution is -0.161. The number of hydrogen-bond acceptors (Lipinski definition) is 4. The first-order chi connectivity index (χ1) is 6.85. The van der Waals surface area contributed by atoms with Crippen LogP contribution in [0.15, 0.2) is 12.2 Å². The van der Waals surface area contributed by atoms with Crippen molar-refractivity contribution in [2.24, 2.45) is 0 Å². The van der Waals surface area contributed by atoms with Gasteiger partial charge in [0, 0.05) is 0 Å². The molecule has 4 heteroatoms. The summed E-state index contributed by atoms with van der Waals surface area (Å²) in [6.45, 7) is 7.25. The predicted octanol–water partition coefficient (Wildman–Crippen LogP) is 1.84. The third kappa shape index (κ3) is 9.00.